The van der Waals surface area contributed by atoms with E-state index in [1.54, 1.807) is 13.0 Å². The Labute approximate surface area is 92.9 Å². The van der Waals surface area contributed by atoms with E-state index in [0.29, 0.717) is 24.7 Å². The van der Waals surface area contributed by atoms with Crippen molar-refractivity contribution in [3.8, 4) is 0 Å². The van der Waals surface area contributed by atoms with Crippen LogP contribution in [-0.2, 0) is 4.74 Å². The molecule has 0 atom stereocenters. The SMILES string of the molecule is Cc1cc(N2CCOCC2)nc(C(=O)O)n1. The van der Waals surface area contributed by atoms with Gasteiger partial charge in [0.2, 0.25) is 5.82 Å². The molecular weight excluding hydrogens is 210 g/mol. The molecule has 1 fully saturated rings. The Balaban J connectivity index is 2.28. The van der Waals surface area contributed by atoms with Gasteiger partial charge in [-0.2, -0.15) is 0 Å². The zero-order valence-electron chi connectivity index (χ0n) is 9.01. The Morgan fingerprint density at radius 1 is 1.44 bits per heavy atom. The molecule has 1 saturated heterocycles. The number of rotatable bonds is 2. The molecular formula is C10H13N3O3. The number of ether oxygens (including phenoxy) is 1. The van der Waals surface area contributed by atoms with Gasteiger partial charge in [0.15, 0.2) is 0 Å². The van der Waals surface area contributed by atoms with Crippen LogP contribution in [0.5, 0.6) is 0 Å². The summed E-state index contributed by atoms with van der Waals surface area (Å²) in [5.74, 6) is -0.590. The Hall–Kier alpha value is -1.69. The second kappa shape index (κ2) is 4.44. The number of carboxylic acids is 1. The van der Waals surface area contributed by atoms with Crippen LogP contribution in [0.1, 0.15) is 16.3 Å². The first-order chi connectivity index (χ1) is 7.66. The highest BCUT2D eigenvalue weighted by atomic mass is 16.5. The molecule has 0 bridgehead atoms. The van der Waals surface area contributed by atoms with Gasteiger partial charge in [0.05, 0.1) is 13.2 Å². The molecule has 2 rings (SSSR count). The number of carbonyl (C=O) groups is 1. The van der Waals surface area contributed by atoms with E-state index in [0.717, 1.165) is 13.1 Å². The van der Waals surface area contributed by atoms with Crippen LogP contribution in [0.2, 0.25) is 0 Å². The van der Waals surface area contributed by atoms with E-state index >= 15 is 0 Å². The Kier molecular flexibility index (Phi) is 3.00. The monoisotopic (exact) mass is 223 g/mol. The van der Waals surface area contributed by atoms with E-state index < -0.39 is 5.97 Å². The fourth-order valence-corrected chi connectivity index (χ4v) is 1.60. The van der Waals surface area contributed by atoms with E-state index in [1.165, 1.54) is 0 Å². The number of morpholine rings is 1. The second-order valence-electron chi connectivity index (χ2n) is 3.60. The standard InChI is InChI=1S/C10H13N3O3/c1-7-6-8(12-9(11-7)10(14)15)13-2-4-16-5-3-13/h6H,2-5H2,1H3,(H,14,15). The average molecular weight is 223 g/mol. The fraction of sp³-hybridized carbons (Fsp3) is 0.500. The first-order valence-corrected chi connectivity index (χ1v) is 5.08. The van der Waals surface area contributed by atoms with Crippen molar-refractivity contribution in [2.45, 2.75) is 6.92 Å². The van der Waals surface area contributed by atoms with E-state index in [4.69, 9.17) is 9.84 Å². The summed E-state index contributed by atoms with van der Waals surface area (Å²) in [6.07, 6.45) is 0. The molecule has 16 heavy (non-hydrogen) atoms. The third-order valence-electron chi connectivity index (χ3n) is 2.37. The minimum absolute atomic E-state index is 0.151. The Bertz CT molecular complexity index is 402. The molecule has 1 aromatic heterocycles. The summed E-state index contributed by atoms with van der Waals surface area (Å²) in [5, 5.41) is 8.86. The summed E-state index contributed by atoms with van der Waals surface area (Å²) in [5.41, 5.74) is 0.661. The number of aryl methyl sites for hydroxylation is 1. The van der Waals surface area contributed by atoms with Crippen molar-refractivity contribution in [2.24, 2.45) is 0 Å². The number of aromatic nitrogens is 2. The molecule has 0 aliphatic carbocycles. The van der Waals surface area contributed by atoms with Crippen molar-refractivity contribution < 1.29 is 14.6 Å². The molecule has 0 spiro atoms. The van der Waals surface area contributed by atoms with Crippen molar-refractivity contribution in [2.75, 3.05) is 31.2 Å². The van der Waals surface area contributed by atoms with Gasteiger partial charge in [0.25, 0.3) is 0 Å². The number of anilines is 1. The maximum Gasteiger partial charge on any atom is 0.374 e. The quantitative estimate of drug-likeness (QED) is 0.778. The van der Waals surface area contributed by atoms with Crippen molar-refractivity contribution in [3.05, 3.63) is 17.6 Å². The number of hydrogen-bond donors (Lipinski definition) is 1. The van der Waals surface area contributed by atoms with E-state index in [9.17, 15) is 4.79 Å². The van der Waals surface area contributed by atoms with Crippen molar-refractivity contribution in [1.82, 2.24) is 9.97 Å². The van der Waals surface area contributed by atoms with Crippen LogP contribution in [0.3, 0.4) is 0 Å². The molecule has 1 aliphatic heterocycles. The molecule has 0 amide bonds. The minimum atomic E-state index is -1.10. The Morgan fingerprint density at radius 3 is 2.75 bits per heavy atom. The highest BCUT2D eigenvalue weighted by Crippen LogP contribution is 2.14. The van der Waals surface area contributed by atoms with Crippen LogP contribution in [0.15, 0.2) is 6.07 Å². The largest absolute Gasteiger partial charge is 0.475 e. The van der Waals surface area contributed by atoms with Gasteiger partial charge in [-0.15, -0.1) is 0 Å². The molecule has 1 aliphatic rings. The van der Waals surface area contributed by atoms with E-state index in [-0.39, 0.29) is 5.82 Å². The van der Waals surface area contributed by atoms with Crippen LogP contribution in [0.4, 0.5) is 5.82 Å². The van der Waals surface area contributed by atoms with Crippen LogP contribution < -0.4 is 4.90 Å². The lowest BCUT2D eigenvalue weighted by atomic mass is 10.3. The van der Waals surface area contributed by atoms with E-state index in [1.807, 2.05) is 4.90 Å². The maximum atomic E-state index is 10.8. The molecule has 2 heterocycles. The van der Waals surface area contributed by atoms with Crippen LogP contribution in [-0.4, -0.2) is 47.3 Å². The predicted molar refractivity (Wildman–Crippen MR) is 56.8 cm³/mol. The maximum absolute atomic E-state index is 10.8. The van der Waals surface area contributed by atoms with Gasteiger partial charge in [-0.25, -0.2) is 14.8 Å². The summed E-state index contributed by atoms with van der Waals surface area (Å²) in [6.45, 7) is 4.51. The minimum Gasteiger partial charge on any atom is -0.475 e. The van der Waals surface area contributed by atoms with Crippen molar-refractivity contribution in [3.63, 3.8) is 0 Å². The highest BCUT2D eigenvalue weighted by Gasteiger charge is 2.16. The number of hydrogen-bond acceptors (Lipinski definition) is 5. The first-order valence-electron chi connectivity index (χ1n) is 5.08. The second-order valence-corrected chi connectivity index (χ2v) is 3.60. The lowest BCUT2D eigenvalue weighted by Crippen LogP contribution is -2.37. The third-order valence-corrected chi connectivity index (χ3v) is 2.37. The molecule has 6 heteroatoms. The van der Waals surface area contributed by atoms with Gasteiger partial charge in [-0.05, 0) is 6.92 Å². The van der Waals surface area contributed by atoms with Gasteiger partial charge in [0, 0.05) is 24.8 Å². The number of aromatic carboxylic acids is 1. The summed E-state index contributed by atoms with van der Waals surface area (Å²) in [6, 6.07) is 1.79. The summed E-state index contributed by atoms with van der Waals surface area (Å²) >= 11 is 0. The van der Waals surface area contributed by atoms with Crippen LogP contribution >= 0.6 is 0 Å². The van der Waals surface area contributed by atoms with Crippen molar-refractivity contribution in [1.29, 1.82) is 0 Å². The van der Waals surface area contributed by atoms with Gasteiger partial charge in [-0.1, -0.05) is 0 Å². The molecule has 1 aromatic rings. The van der Waals surface area contributed by atoms with Gasteiger partial charge in [-0.3, -0.25) is 0 Å². The lowest BCUT2D eigenvalue weighted by molar-refractivity contribution is 0.0683. The van der Waals surface area contributed by atoms with Gasteiger partial charge < -0.3 is 14.7 Å². The zero-order chi connectivity index (χ0) is 11.5. The normalized spacial score (nSPS) is 16.2. The summed E-state index contributed by atoms with van der Waals surface area (Å²) in [7, 11) is 0. The van der Waals surface area contributed by atoms with Gasteiger partial charge >= 0.3 is 5.97 Å². The molecule has 0 saturated carbocycles. The average Bonchev–Trinajstić information content (AvgIpc) is 2.29. The van der Waals surface area contributed by atoms with Crippen LogP contribution in [0, 0.1) is 6.92 Å². The third kappa shape index (κ3) is 2.27. The number of nitrogens with zero attached hydrogens (tertiary/aromatic N) is 3. The van der Waals surface area contributed by atoms with Gasteiger partial charge in [0.1, 0.15) is 5.82 Å². The molecule has 0 radical (unpaired) electrons. The smallest absolute Gasteiger partial charge is 0.374 e. The topological polar surface area (TPSA) is 75.5 Å². The first kappa shape index (κ1) is 10.8. The highest BCUT2D eigenvalue weighted by molar-refractivity contribution is 5.83. The summed E-state index contributed by atoms with van der Waals surface area (Å²) < 4.78 is 5.23. The molecule has 0 aromatic carbocycles. The van der Waals surface area contributed by atoms with Crippen LogP contribution in [0.25, 0.3) is 0 Å². The molecule has 0 unspecified atom stereocenters. The zero-order valence-corrected chi connectivity index (χ0v) is 9.01. The Morgan fingerprint density at radius 2 is 2.12 bits per heavy atom. The fourth-order valence-electron chi connectivity index (χ4n) is 1.60. The predicted octanol–water partition coefficient (Wildman–Crippen LogP) is 0.320. The van der Waals surface area contributed by atoms with E-state index in [2.05, 4.69) is 9.97 Å². The molecule has 1 N–H and O–H groups in total. The molecule has 6 nitrogen and oxygen atoms in total. The lowest BCUT2D eigenvalue weighted by Gasteiger charge is -2.27. The van der Waals surface area contributed by atoms with Crippen molar-refractivity contribution >= 4 is 11.8 Å². The molecule has 86 valence electrons. The summed E-state index contributed by atoms with van der Waals surface area (Å²) in [4.78, 5) is 20.7. The number of carboxylic acid groups (broad SMARTS) is 1.